The molecule has 0 bridgehead atoms. The van der Waals surface area contributed by atoms with Crippen molar-refractivity contribution < 1.29 is 4.79 Å². The summed E-state index contributed by atoms with van der Waals surface area (Å²) in [5, 5.41) is 5.97. The number of carbonyl (C=O) groups is 1. The molecule has 8 heteroatoms. The predicted molar refractivity (Wildman–Crippen MR) is 76.5 cm³/mol. The number of fused-ring (bicyclic) bond motifs is 1. The van der Waals surface area contributed by atoms with Gasteiger partial charge in [0.05, 0.1) is 12.2 Å². The molecule has 1 aliphatic heterocycles. The van der Waals surface area contributed by atoms with Crippen LogP contribution in [0.5, 0.6) is 0 Å². The van der Waals surface area contributed by atoms with Crippen LogP contribution in [0.2, 0.25) is 0 Å². The smallest absolute Gasteiger partial charge is 0.257 e. The van der Waals surface area contributed by atoms with Crippen LogP contribution in [0.25, 0.3) is 0 Å². The van der Waals surface area contributed by atoms with Crippen molar-refractivity contribution in [2.45, 2.75) is 44.3 Å². The third-order valence-corrected chi connectivity index (χ3v) is 4.03. The maximum Gasteiger partial charge on any atom is 0.257 e. The van der Waals surface area contributed by atoms with Gasteiger partial charge in [-0.05, 0) is 12.8 Å². The van der Waals surface area contributed by atoms with Gasteiger partial charge in [-0.2, -0.15) is 4.98 Å². The number of anilines is 2. The lowest BCUT2D eigenvalue weighted by Gasteiger charge is -2.29. The summed E-state index contributed by atoms with van der Waals surface area (Å²) in [6.07, 6.45) is 4.32. The van der Waals surface area contributed by atoms with E-state index in [1.165, 1.54) is 0 Å². The first-order valence-electron chi connectivity index (χ1n) is 6.77. The third-order valence-electron chi connectivity index (χ3n) is 3.85. The molecule has 1 aromatic rings. The Balaban J connectivity index is 1.85. The van der Waals surface area contributed by atoms with Crippen LogP contribution in [0.15, 0.2) is 0 Å². The minimum absolute atomic E-state index is 0.104. The zero-order chi connectivity index (χ0) is 14.1. The number of carbonyl (C=O) groups excluding carboxylic acids is 1. The number of nitrogens with zero attached hydrogens (tertiary/aromatic N) is 2. The van der Waals surface area contributed by atoms with Crippen molar-refractivity contribution in [3.8, 4) is 0 Å². The number of halogens is 1. The molecule has 3 rings (SSSR count). The minimum Gasteiger partial charge on any atom is -0.350 e. The fraction of sp³-hybridized carbons (Fsp3) is 0.583. The topological polar surface area (TPSA) is 105 Å². The van der Waals surface area contributed by atoms with Gasteiger partial charge in [-0.25, -0.2) is 4.98 Å². The Bertz CT molecular complexity index is 537. The highest BCUT2D eigenvalue weighted by Crippen LogP contribution is 2.25. The second-order valence-corrected chi connectivity index (χ2v) is 5.38. The third kappa shape index (κ3) is 2.38. The highest BCUT2D eigenvalue weighted by molar-refractivity contribution is 6.25. The van der Waals surface area contributed by atoms with Crippen LogP contribution in [-0.4, -0.2) is 28.0 Å². The highest BCUT2D eigenvalue weighted by atomic mass is 35.5. The van der Waals surface area contributed by atoms with Crippen molar-refractivity contribution in [3.63, 3.8) is 0 Å². The maximum atomic E-state index is 11.7. The van der Waals surface area contributed by atoms with Crippen LogP contribution < -0.4 is 21.2 Å². The summed E-state index contributed by atoms with van der Waals surface area (Å²) in [6.45, 7) is 0.396. The molecule has 1 fully saturated rings. The molecule has 0 spiro atoms. The summed E-state index contributed by atoms with van der Waals surface area (Å²) in [5.41, 5.74) is 7.17. The van der Waals surface area contributed by atoms with E-state index in [4.69, 9.17) is 17.5 Å². The van der Waals surface area contributed by atoms with Crippen LogP contribution in [0.4, 0.5) is 11.8 Å². The quantitative estimate of drug-likeness (QED) is 0.620. The standard InChI is InChI=1S/C12H17ClN6O/c13-19-10-9-8(5-15-11(9)20)17-12(18-10)16-7-4-2-1-3-6(7)14/h6-7H,1-5,14H2,(H,15,20)(H2,16,17,18,19)/t6-,7+/m0/s1. The molecule has 0 radical (unpaired) electrons. The lowest BCUT2D eigenvalue weighted by molar-refractivity contribution is 0.0966. The number of rotatable bonds is 3. The molecular formula is C12H17ClN6O. The zero-order valence-corrected chi connectivity index (χ0v) is 11.7. The molecule has 1 aromatic heterocycles. The Morgan fingerprint density at radius 3 is 2.85 bits per heavy atom. The Morgan fingerprint density at radius 2 is 2.10 bits per heavy atom. The number of aromatic nitrogens is 2. The summed E-state index contributed by atoms with van der Waals surface area (Å²) in [5.74, 6) is 0.591. The highest BCUT2D eigenvalue weighted by Gasteiger charge is 2.28. The van der Waals surface area contributed by atoms with E-state index in [1.807, 2.05) is 0 Å². The number of amides is 1. The van der Waals surface area contributed by atoms with Crippen molar-refractivity contribution in [3.05, 3.63) is 11.3 Å². The van der Waals surface area contributed by atoms with Crippen molar-refractivity contribution in [1.82, 2.24) is 15.3 Å². The van der Waals surface area contributed by atoms with E-state index in [-0.39, 0.29) is 18.0 Å². The minimum atomic E-state index is -0.205. The van der Waals surface area contributed by atoms with Gasteiger partial charge in [0.15, 0.2) is 5.82 Å². The molecular weight excluding hydrogens is 280 g/mol. The molecule has 0 saturated heterocycles. The summed E-state index contributed by atoms with van der Waals surface area (Å²) < 4.78 is 0. The van der Waals surface area contributed by atoms with Gasteiger partial charge in [-0.15, -0.1) is 0 Å². The van der Waals surface area contributed by atoms with E-state index in [9.17, 15) is 4.79 Å². The van der Waals surface area contributed by atoms with Crippen molar-refractivity contribution in [2.75, 3.05) is 10.2 Å². The summed E-state index contributed by atoms with van der Waals surface area (Å²) >= 11 is 5.65. The monoisotopic (exact) mass is 296 g/mol. The van der Waals surface area contributed by atoms with Gasteiger partial charge in [0.25, 0.3) is 5.91 Å². The normalized spacial score (nSPS) is 25.0. The lowest BCUT2D eigenvalue weighted by atomic mass is 9.91. The van der Waals surface area contributed by atoms with Gasteiger partial charge in [0.1, 0.15) is 5.56 Å². The van der Waals surface area contributed by atoms with Crippen LogP contribution in [-0.2, 0) is 6.54 Å². The van der Waals surface area contributed by atoms with Gasteiger partial charge >= 0.3 is 0 Å². The molecule has 1 saturated carbocycles. The van der Waals surface area contributed by atoms with E-state index >= 15 is 0 Å². The summed E-state index contributed by atoms with van der Waals surface area (Å²) in [6, 6.07) is 0.266. The number of nitrogens with one attached hydrogen (secondary N) is 3. The number of nitrogens with two attached hydrogens (primary N) is 1. The predicted octanol–water partition coefficient (Wildman–Crippen LogP) is 0.967. The van der Waals surface area contributed by atoms with Crippen LogP contribution >= 0.6 is 11.8 Å². The van der Waals surface area contributed by atoms with Crippen molar-refractivity contribution in [2.24, 2.45) is 5.73 Å². The molecule has 108 valence electrons. The first-order chi connectivity index (χ1) is 9.69. The zero-order valence-electron chi connectivity index (χ0n) is 10.9. The molecule has 2 atom stereocenters. The van der Waals surface area contributed by atoms with Gasteiger partial charge in [0, 0.05) is 23.9 Å². The Kier molecular flexibility index (Phi) is 3.62. The summed E-state index contributed by atoms with van der Waals surface area (Å²) in [7, 11) is 0. The largest absolute Gasteiger partial charge is 0.350 e. The maximum absolute atomic E-state index is 11.7. The number of hydrogen-bond acceptors (Lipinski definition) is 6. The number of hydrogen-bond donors (Lipinski definition) is 4. The first-order valence-corrected chi connectivity index (χ1v) is 7.14. The molecule has 0 aromatic carbocycles. The average Bonchev–Trinajstić information content (AvgIpc) is 2.82. The van der Waals surface area contributed by atoms with Crippen LogP contribution in [0.3, 0.4) is 0 Å². The van der Waals surface area contributed by atoms with E-state index < -0.39 is 0 Å². The molecule has 2 heterocycles. The van der Waals surface area contributed by atoms with Gasteiger partial charge in [-0.3, -0.25) is 9.63 Å². The van der Waals surface area contributed by atoms with Gasteiger partial charge in [-0.1, -0.05) is 12.8 Å². The van der Waals surface area contributed by atoms with Gasteiger partial charge in [0.2, 0.25) is 5.95 Å². The molecule has 7 nitrogen and oxygen atoms in total. The van der Waals surface area contributed by atoms with Crippen LogP contribution in [0, 0.1) is 0 Å². The fourth-order valence-electron chi connectivity index (χ4n) is 2.76. The van der Waals surface area contributed by atoms with E-state index in [0.29, 0.717) is 29.6 Å². The Hall–Kier alpha value is -1.60. The molecule has 5 N–H and O–H groups in total. The van der Waals surface area contributed by atoms with E-state index in [0.717, 1.165) is 25.7 Å². The van der Waals surface area contributed by atoms with Gasteiger partial charge < -0.3 is 16.4 Å². The molecule has 2 aliphatic rings. The van der Waals surface area contributed by atoms with Crippen LogP contribution in [0.1, 0.15) is 41.7 Å². The summed E-state index contributed by atoms with van der Waals surface area (Å²) in [4.78, 5) is 22.7. The van der Waals surface area contributed by atoms with Crippen molar-refractivity contribution >= 4 is 29.5 Å². The molecule has 20 heavy (non-hydrogen) atoms. The van der Waals surface area contributed by atoms with E-state index in [1.54, 1.807) is 0 Å². The molecule has 1 aliphatic carbocycles. The second-order valence-electron chi connectivity index (χ2n) is 5.19. The lowest BCUT2D eigenvalue weighted by Crippen LogP contribution is -2.43. The fourth-order valence-corrected chi connectivity index (χ4v) is 2.90. The average molecular weight is 297 g/mol. The Morgan fingerprint density at radius 1 is 1.30 bits per heavy atom. The first kappa shape index (κ1) is 13.4. The van der Waals surface area contributed by atoms with Crippen molar-refractivity contribution in [1.29, 1.82) is 0 Å². The molecule has 0 unspecified atom stereocenters. The Labute approximate surface area is 121 Å². The van der Waals surface area contributed by atoms with E-state index in [2.05, 4.69) is 25.4 Å². The molecule has 1 amide bonds. The second kappa shape index (κ2) is 5.41. The SMILES string of the molecule is N[C@H]1CCCC[C@H]1Nc1nc2c(c(NCl)n1)C(=O)NC2.